The van der Waals surface area contributed by atoms with Crippen LogP contribution in [-0.2, 0) is 0 Å². The molecule has 0 bridgehead atoms. The SMILES string of the molecule is COc1ccccc1NC(c1cccs1)c1ccc(Cl)s1. The molecule has 0 aliphatic rings. The van der Waals surface area contributed by atoms with Crippen molar-refractivity contribution in [2.75, 3.05) is 12.4 Å². The highest BCUT2D eigenvalue weighted by Gasteiger charge is 2.18. The zero-order chi connectivity index (χ0) is 14.7. The first-order chi connectivity index (χ1) is 10.3. The van der Waals surface area contributed by atoms with Crippen LogP contribution in [0.25, 0.3) is 0 Å². The van der Waals surface area contributed by atoms with Crippen molar-refractivity contribution < 1.29 is 4.74 Å². The molecule has 0 aliphatic carbocycles. The van der Waals surface area contributed by atoms with Crippen molar-refractivity contribution in [2.45, 2.75) is 6.04 Å². The molecule has 5 heteroatoms. The fourth-order valence-electron chi connectivity index (χ4n) is 2.14. The molecular weight excluding hydrogens is 322 g/mol. The van der Waals surface area contributed by atoms with E-state index in [1.165, 1.54) is 9.75 Å². The molecule has 0 fully saturated rings. The van der Waals surface area contributed by atoms with Gasteiger partial charge in [-0.25, -0.2) is 0 Å². The number of hydrogen-bond donors (Lipinski definition) is 1. The van der Waals surface area contributed by atoms with E-state index in [1.807, 2.05) is 30.3 Å². The molecule has 3 rings (SSSR count). The Bertz CT molecular complexity index is 709. The molecule has 0 saturated carbocycles. The Labute approximate surface area is 137 Å². The minimum atomic E-state index is 0.0822. The van der Waals surface area contributed by atoms with Gasteiger partial charge in [0.15, 0.2) is 0 Å². The summed E-state index contributed by atoms with van der Waals surface area (Å²) in [7, 11) is 1.68. The predicted molar refractivity (Wildman–Crippen MR) is 92.1 cm³/mol. The summed E-state index contributed by atoms with van der Waals surface area (Å²) in [5.74, 6) is 0.835. The van der Waals surface area contributed by atoms with E-state index in [0.29, 0.717) is 0 Å². The lowest BCUT2D eigenvalue weighted by molar-refractivity contribution is 0.416. The van der Waals surface area contributed by atoms with Crippen LogP contribution in [0.3, 0.4) is 0 Å². The summed E-state index contributed by atoms with van der Waals surface area (Å²) in [6.07, 6.45) is 0. The van der Waals surface area contributed by atoms with Crippen molar-refractivity contribution in [3.8, 4) is 5.75 Å². The maximum Gasteiger partial charge on any atom is 0.141 e. The normalized spacial score (nSPS) is 12.1. The maximum atomic E-state index is 6.10. The zero-order valence-corrected chi connectivity index (χ0v) is 13.8. The van der Waals surface area contributed by atoms with Crippen molar-refractivity contribution >= 4 is 40.0 Å². The molecule has 0 amide bonds. The minimum Gasteiger partial charge on any atom is -0.495 e. The Morgan fingerprint density at radius 3 is 2.57 bits per heavy atom. The maximum absolute atomic E-state index is 6.10. The number of para-hydroxylation sites is 2. The van der Waals surface area contributed by atoms with Gasteiger partial charge in [0.2, 0.25) is 0 Å². The number of methoxy groups -OCH3 is 1. The molecule has 0 aliphatic heterocycles. The molecule has 0 radical (unpaired) electrons. The molecule has 2 nitrogen and oxygen atoms in total. The third-order valence-corrected chi connectivity index (χ3v) is 5.35. The van der Waals surface area contributed by atoms with Gasteiger partial charge in [0.05, 0.1) is 23.2 Å². The van der Waals surface area contributed by atoms with E-state index in [-0.39, 0.29) is 6.04 Å². The average Bonchev–Trinajstić information content (AvgIpc) is 3.17. The molecule has 2 aromatic heterocycles. The van der Waals surface area contributed by atoms with Crippen LogP contribution in [0.1, 0.15) is 15.8 Å². The van der Waals surface area contributed by atoms with Gasteiger partial charge in [-0.05, 0) is 35.7 Å². The second-order valence-electron chi connectivity index (χ2n) is 4.43. The Hall–Kier alpha value is -1.49. The summed E-state index contributed by atoms with van der Waals surface area (Å²) in [5.41, 5.74) is 0.975. The first kappa shape index (κ1) is 14.4. The second kappa shape index (κ2) is 6.52. The van der Waals surface area contributed by atoms with E-state index in [4.69, 9.17) is 16.3 Å². The van der Waals surface area contributed by atoms with Crippen molar-refractivity contribution in [1.29, 1.82) is 0 Å². The van der Waals surface area contributed by atoms with Crippen LogP contribution in [0.2, 0.25) is 4.34 Å². The molecule has 3 aromatic rings. The summed E-state index contributed by atoms with van der Waals surface area (Å²) in [6.45, 7) is 0. The molecule has 1 N–H and O–H groups in total. The van der Waals surface area contributed by atoms with Crippen LogP contribution in [0.4, 0.5) is 5.69 Å². The number of nitrogens with one attached hydrogen (secondary N) is 1. The van der Waals surface area contributed by atoms with E-state index in [1.54, 1.807) is 29.8 Å². The molecule has 0 spiro atoms. The fourth-order valence-corrected chi connectivity index (χ4v) is 4.14. The van der Waals surface area contributed by atoms with Crippen LogP contribution >= 0.6 is 34.3 Å². The van der Waals surface area contributed by atoms with Crippen LogP contribution in [0.15, 0.2) is 53.9 Å². The van der Waals surface area contributed by atoms with Gasteiger partial charge >= 0.3 is 0 Å². The summed E-state index contributed by atoms with van der Waals surface area (Å²) in [6, 6.07) is 16.2. The number of ether oxygens (including phenoxy) is 1. The number of benzene rings is 1. The lowest BCUT2D eigenvalue weighted by atomic mass is 10.1. The average molecular weight is 336 g/mol. The third kappa shape index (κ3) is 3.23. The molecular formula is C16H14ClNOS2. The fraction of sp³-hybridized carbons (Fsp3) is 0.125. The molecule has 1 aromatic carbocycles. The quantitative estimate of drug-likeness (QED) is 0.648. The molecule has 1 unspecified atom stereocenters. The smallest absolute Gasteiger partial charge is 0.141 e. The molecule has 21 heavy (non-hydrogen) atoms. The molecule has 2 heterocycles. The second-order valence-corrected chi connectivity index (χ2v) is 7.16. The van der Waals surface area contributed by atoms with E-state index in [9.17, 15) is 0 Å². The Balaban J connectivity index is 1.97. The van der Waals surface area contributed by atoms with Gasteiger partial charge in [-0.2, -0.15) is 0 Å². The molecule has 108 valence electrons. The minimum absolute atomic E-state index is 0.0822. The van der Waals surface area contributed by atoms with Crippen molar-refractivity contribution in [3.05, 3.63) is 68.0 Å². The number of rotatable bonds is 5. The van der Waals surface area contributed by atoms with Crippen LogP contribution in [0, 0.1) is 0 Å². The van der Waals surface area contributed by atoms with E-state index in [2.05, 4.69) is 28.9 Å². The topological polar surface area (TPSA) is 21.3 Å². The number of thiophene rings is 2. The van der Waals surface area contributed by atoms with Gasteiger partial charge in [0.1, 0.15) is 5.75 Å². The van der Waals surface area contributed by atoms with Crippen molar-refractivity contribution in [1.82, 2.24) is 0 Å². The number of halogens is 1. The van der Waals surface area contributed by atoms with Gasteiger partial charge in [-0.3, -0.25) is 0 Å². The summed E-state index contributed by atoms with van der Waals surface area (Å²) < 4.78 is 6.22. The number of anilines is 1. The lowest BCUT2D eigenvalue weighted by Gasteiger charge is -2.19. The highest BCUT2D eigenvalue weighted by atomic mass is 35.5. The zero-order valence-electron chi connectivity index (χ0n) is 11.4. The summed E-state index contributed by atoms with van der Waals surface area (Å²) in [5, 5.41) is 5.65. The van der Waals surface area contributed by atoms with Gasteiger partial charge < -0.3 is 10.1 Å². The highest BCUT2D eigenvalue weighted by molar-refractivity contribution is 7.16. The van der Waals surface area contributed by atoms with Crippen LogP contribution < -0.4 is 10.1 Å². The third-order valence-electron chi connectivity index (χ3n) is 3.11. The molecule has 0 saturated heterocycles. The standard InChI is InChI=1S/C16H14ClNOS2/c1-19-12-6-3-2-5-11(12)18-16(13-7-4-10-20-13)14-8-9-15(17)21-14/h2-10,16,18H,1H3. The van der Waals surface area contributed by atoms with Gasteiger partial charge in [-0.1, -0.05) is 29.8 Å². The van der Waals surface area contributed by atoms with E-state index < -0.39 is 0 Å². The largest absolute Gasteiger partial charge is 0.495 e. The Kier molecular flexibility index (Phi) is 4.48. The van der Waals surface area contributed by atoms with Crippen LogP contribution in [0.5, 0.6) is 5.75 Å². The van der Waals surface area contributed by atoms with Gasteiger partial charge in [0.25, 0.3) is 0 Å². The molecule has 1 atom stereocenters. The van der Waals surface area contributed by atoms with Crippen LogP contribution in [-0.4, -0.2) is 7.11 Å². The summed E-state index contributed by atoms with van der Waals surface area (Å²) >= 11 is 9.42. The predicted octanol–water partition coefficient (Wildman–Crippen LogP) is 5.67. The van der Waals surface area contributed by atoms with Crippen molar-refractivity contribution in [2.24, 2.45) is 0 Å². The number of hydrogen-bond acceptors (Lipinski definition) is 4. The Morgan fingerprint density at radius 1 is 1.05 bits per heavy atom. The lowest BCUT2D eigenvalue weighted by Crippen LogP contribution is -2.10. The first-order valence-corrected chi connectivity index (χ1v) is 8.53. The van der Waals surface area contributed by atoms with Gasteiger partial charge in [0, 0.05) is 9.75 Å². The summed E-state index contributed by atoms with van der Waals surface area (Å²) in [4.78, 5) is 2.44. The monoisotopic (exact) mass is 335 g/mol. The van der Waals surface area contributed by atoms with E-state index in [0.717, 1.165) is 15.8 Å². The highest BCUT2D eigenvalue weighted by Crippen LogP contribution is 2.37. The van der Waals surface area contributed by atoms with E-state index >= 15 is 0 Å². The first-order valence-electron chi connectivity index (χ1n) is 6.46. The van der Waals surface area contributed by atoms with Crippen molar-refractivity contribution in [3.63, 3.8) is 0 Å². The van der Waals surface area contributed by atoms with Gasteiger partial charge in [-0.15, -0.1) is 22.7 Å². The Morgan fingerprint density at radius 2 is 1.90 bits per heavy atom.